The van der Waals surface area contributed by atoms with Gasteiger partial charge in [-0.2, -0.15) is 0 Å². The Bertz CT molecular complexity index is 32.2. The van der Waals surface area contributed by atoms with Gasteiger partial charge in [0.05, 0.1) is 0 Å². The van der Waals surface area contributed by atoms with Crippen molar-refractivity contribution >= 4 is 0 Å². The molecule has 0 spiro atoms. The Hall–Kier alpha value is -0.0800. The summed E-state index contributed by atoms with van der Waals surface area (Å²) in [4.78, 5) is 0. The summed E-state index contributed by atoms with van der Waals surface area (Å²) in [5, 5.41) is 6.20. The molecule has 2 nitrogen and oxygen atoms in total. The zero-order valence-corrected chi connectivity index (χ0v) is 7.83. The Morgan fingerprint density at radius 2 is 1.10 bits per heavy atom. The van der Waals surface area contributed by atoms with Gasteiger partial charge in [0, 0.05) is 0 Å². The molecule has 0 heterocycles. The molecular formula is C8H22N2. The first kappa shape index (κ1) is 12.6. The fourth-order valence-corrected chi connectivity index (χ4v) is 0.604. The Kier molecular flexibility index (Phi) is 20.1. The number of hydrogen-bond donors (Lipinski definition) is 2. The van der Waals surface area contributed by atoms with Crippen LogP contribution in [0.3, 0.4) is 0 Å². The van der Waals surface area contributed by atoms with E-state index in [2.05, 4.69) is 10.6 Å². The Morgan fingerprint density at radius 3 is 1.30 bits per heavy atom. The van der Waals surface area contributed by atoms with Gasteiger partial charge in [0.1, 0.15) is 0 Å². The van der Waals surface area contributed by atoms with E-state index < -0.39 is 0 Å². The third-order valence-corrected chi connectivity index (χ3v) is 1.10. The maximum absolute atomic E-state index is 3.10. The van der Waals surface area contributed by atoms with Gasteiger partial charge in [-0.3, -0.25) is 0 Å². The lowest BCUT2D eigenvalue weighted by molar-refractivity contribution is 0.644. The van der Waals surface area contributed by atoms with Gasteiger partial charge in [-0.15, -0.1) is 0 Å². The van der Waals surface area contributed by atoms with Crippen LogP contribution in [0.4, 0.5) is 0 Å². The first-order valence-electron chi connectivity index (χ1n) is 4.21. The lowest BCUT2D eigenvalue weighted by Gasteiger charge is -1.97. The lowest BCUT2D eigenvalue weighted by Crippen LogP contribution is -2.12. The molecule has 0 aliphatic rings. The highest BCUT2D eigenvalue weighted by Crippen LogP contribution is 1.81. The van der Waals surface area contributed by atoms with Gasteiger partial charge in [0.25, 0.3) is 0 Å². The second-order valence-corrected chi connectivity index (χ2v) is 1.91. The van der Waals surface area contributed by atoms with Crippen molar-refractivity contribution in [3.63, 3.8) is 0 Å². The van der Waals surface area contributed by atoms with E-state index in [0.29, 0.717) is 0 Å². The standard InChI is InChI=1S/C6H16N2.C2H6/c1-7-5-3-4-6-8-2;1-2/h7-8H,3-6H2,1-2H3;1-2H3. The zero-order valence-electron chi connectivity index (χ0n) is 7.83. The van der Waals surface area contributed by atoms with Gasteiger partial charge < -0.3 is 10.6 Å². The molecule has 2 N–H and O–H groups in total. The third-order valence-electron chi connectivity index (χ3n) is 1.10. The first-order chi connectivity index (χ1) is 4.91. The summed E-state index contributed by atoms with van der Waals surface area (Å²) >= 11 is 0. The monoisotopic (exact) mass is 146 g/mol. The predicted octanol–water partition coefficient (Wildman–Crippen LogP) is 1.23. The molecule has 0 fully saturated rings. The minimum absolute atomic E-state index is 1.14. The summed E-state index contributed by atoms with van der Waals surface area (Å²) in [6, 6.07) is 0. The molecule has 64 valence electrons. The second kappa shape index (κ2) is 16.0. The fourth-order valence-electron chi connectivity index (χ4n) is 0.604. The van der Waals surface area contributed by atoms with Crippen LogP contribution in [-0.2, 0) is 0 Å². The molecule has 0 aromatic carbocycles. The maximum Gasteiger partial charge on any atom is -0.00515 e. The largest absolute Gasteiger partial charge is 0.320 e. The van der Waals surface area contributed by atoms with Gasteiger partial charge in [-0.1, -0.05) is 13.8 Å². The van der Waals surface area contributed by atoms with Gasteiger partial charge in [0.2, 0.25) is 0 Å². The quantitative estimate of drug-likeness (QED) is 0.570. The molecule has 0 aromatic heterocycles. The maximum atomic E-state index is 3.10. The average molecular weight is 146 g/mol. The summed E-state index contributed by atoms with van der Waals surface area (Å²) in [5.41, 5.74) is 0. The molecule has 0 aliphatic heterocycles. The molecule has 0 saturated heterocycles. The van der Waals surface area contributed by atoms with Crippen LogP contribution in [-0.4, -0.2) is 27.2 Å². The highest BCUT2D eigenvalue weighted by molar-refractivity contribution is 4.44. The Labute approximate surface area is 65.4 Å². The number of rotatable bonds is 5. The van der Waals surface area contributed by atoms with Crippen LogP contribution in [0, 0.1) is 0 Å². The van der Waals surface area contributed by atoms with E-state index in [-0.39, 0.29) is 0 Å². The van der Waals surface area contributed by atoms with Crippen LogP contribution in [0.25, 0.3) is 0 Å². The Morgan fingerprint density at radius 1 is 0.800 bits per heavy atom. The molecule has 0 radical (unpaired) electrons. The smallest absolute Gasteiger partial charge is 0.00515 e. The van der Waals surface area contributed by atoms with Crippen LogP contribution in [0.15, 0.2) is 0 Å². The van der Waals surface area contributed by atoms with Crippen LogP contribution < -0.4 is 10.6 Å². The van der Waals surface area contributed by atoms with Gasteiger partial charge in [-0.05, 0) is 40.0 Å². The summed E-state index contributed by atoms with van der Waals surface area (Å²) < 4.78 is 0. The first-order valence-corrected chi connectivity index (χ1v) is 4.21. The second-order valence-electron chi connectivity index (χ2n) is 1.91. The van der Waals surface area contributed by atoms with Crippen molar-refractivity contribution < 1.29 is 0 Å². The van der Waals surface area contributed by atoms with Crippen molar-refractivity contribution in [2.24, 2.45) is 0 Å². The summed E-state index contributed by atoms with van der Waals surface area (Å²) in [6.45, 7) is 6.28. The van der Waals surface area contributed by atoms with E-state index in [9.17, 15) is 0 Å². The summed E-state index contributed by atoms with van der Waals surface area (Å²) in [7, 11) is 3.97. The molecule has 0 amide bonds. The van der Waals surface area contributed by atoms with E-state index in [0.717, 1.165) is 13.1 Å². The predicted molar refractivity (Wildman–Crippen MR) is 48.4 cm³/mol. The van der Waals surface area contributed by atoms with Gasteiger partial charge >= 0.3 is 0 Å². The Balaban J connectivity index is 0. The fraction of sp³-hybridized carbons (Fsp3) is 1.00. The topological polar surface area (TPSA) is 24.1 Å². The van der Waals surface area contributed by atoms with Crippen molar-refractivity contribution in [2.75, 3.05) is 27.2 Å². The van der Waals surface area contributed by atoms with E-state index in [1.807, 2.05) is 27.9 Å². The van der Waals surface area contributed by atoms with Gasteiger partial charge in [0.15, 0.2) is 0 Å². The number of unbranched alkanes of at least 4 members (excludes halogenated alkanes) is 1. The van der Waals surface area contributed by atoms with Crippen molar-refractivity contribution in [2.45, 2.75) is 26.7 Å². The average Bonchev–Trinajstić information content (AvgIpc) is 2.02. The van der Waals surface area contributed by atoms with Crippen molar-refractivity contribution in [3.05, 3.63) is 0 Å². The molecule has 0 unspecified atom stereocenters. The SMILES string of the molecule is CC.CNCCCCNC. The van der Waals surface area contributed by atoms with E-state index >= 15 is 0 Å². The summed E-state index contributed by atoms with van der Waals surface area (Å²) in [5.74, 6) is 0. The molecule has 0 bridgehead atoms. The van der Waals surface area contributed by atoms with Crippen LogP contribution in [0.2, 0.25) is 0 Å². The number of nitrogens with one attached hydrogen (secondary N) is 2. The van der Waals surface area contributed by atoms with E-state index in [1.165, 1.54) is 12.8 Å². The molecule has 0 atom stereocenters. The van der Waals surface area contributed by atoms with Crippen molar-refractivity contribution in [1.82, 2.24) is 10.6 Å². The normalized spacial score (nSPS) is 8.40. The van der Waals surface area contributed by atoms with Crippen molar-refractivity contribution in [1.29, 1.82) is 0 Å². The molecule has 10 heavy (non-hydrogen) atoms. The molecular weight excluding hydrogens is 124 g/mol. The van der Waals surface area contributed by atoms with Crippen LogP contribution >= 0.6 is 0 Å². The van der Waals surface area contributed by atoms with Crippen LogP contribution in [0.5, 0.6) is 0 Å². The highest BCUT2D eigenvalue weighted by atomic mass is 14.8. The molecule has 0 aliphatic carbocycles. The molecule has 2 heteroatoms. The molecule has 0 rings (SSSR count). The summed E-state index contributed by atoms with van der Waals surface area (Å²) in [6.07, 6.45) is 2.55. The minimum Gasteiger partial charge on any atom is -0.320 e. The minimum atomic E-state index is 1.14. The number of hydrogen-bond acceptors (Lipinski definition) is 2. The van der Waals surface area contributed by atoms with E-state index in [1.54, 1.807) is 0 Å². The zero-order chi connectivity index (χ0) is 8.24. The van der Waals surface area contributed by atoms with Gasteiger partial charge in [-0.25, -0.2) is 0 Å². The highest BCUT2D eigenvalue weighted by Gasteiger charge is 1.81. The van der Waals surface area contributed by atoms with Crippen molar-refractivity contribution in [3.8, 4) is 0 Å². The molecule has 0 saturated carbocycles. The van der Waals surface area contributed by atoms with E-state index in [4.69, 9.17) is 0 Å². The third kappa shape index (κ3) is 15.7. The lowest BCUT2D eigenvalue weighted by atomic mass is 10.3. The van der Waals surface area contributed by atoms with Crippen LogP contribution in [0.1, 0.15) is 26.7 Å². The molecule has 0 aromatic rings.